The van der Waals surface area contributed by atoms with E-state index in [2.05, 4.69) is 31.3 Å². The molecule has 0 aromatic rings. The monoisotopic (exact) mass is 790 g/mol. The summed E-state index contributed by atoms with van der Waals surface area (Å²) in [5.41, 5.74) is 0. The smallest absolute Gasteiger partial charge is 0.305 e. The van der Waals surface area contributed by atoms with E-state index in [0.29, 0.717) is 19.4 Å². The number of nitrogens with one attached hydrogen (secondary N) is 1. The maximum absolute atomic E-state index is 12.4. The lowest BCUT2D eigenvalue weighted by molar-refractivity contribution is -0.143. The van der Waals surface area contributed by atoms with E-state index < -0.39 is 12.1 Å². The quantitative estimate of drug-likeness (QED) is 0.0324. The van der Waals surface area contributed by atoms with Gasteiger partial charge in [0.1, 0.15) is 0 Å². The van der Waals surface area contributed by atoms with Crippen molar-refractivity contribution in [2.75, 3.05) is 13.2 Å². The van der Waals surface area contributed by atoms with Crippen molar-refractivity contribution in [3.63, 3.8) is 0 Å². The number of ether oxygens (including phenoxy) is 1. The van der Waals surface area contributed by atoms with Crippen LogP contribution >= 0.6 is 0 Å². The molecule has 0 saturated carbocycles. The number of esters is 1. The summed E-state index contributed by atoms with van der Waals surface area (Å²) in [6.45, 7) is 4.83. The summed E-state index contributed by atoms with van der Waals surface area (Å²) in [6.07, 6.45) is 53.1. The second-order valence-electron chi connectivity index (χ2n) is 16.8. The van der Waals surface area contributed by atoms with E-state index >= 15 is 0 Å². The van der Waals surface area contributed by atoms with Crippen LogP contribution in [0.3, 0.4) is 0 Å². The molecule has 0 rings (SSSR count). The molecule has 0 radical (unpaired) electrons. The Kier molecular flexibility index (Phi) is 44.7. The number of aliphatic hydroxyl groups excluding tert-OH is 2. The fourth-order valence-electron chi connectivity index (χ4n) is 7.39. The first-order valence-corrected chi connectivity index (χ1v) is 24.6. The molecule has 0 aromatic carbocycles. The van der Waals surface area contributed by atoms with Crippen molar-refractivity contribution >= 4 is 11.9 Å². The van der Waals surface area contributed by atoms with Crippen LogP contribution in [0.1, 0.15) is 258 Å². The zero-order chi connectivity index (χ0) is 40.8. The Morgan fingerprint density at radius 1 is 0.482 bits per heavy atom. The van der Waals surface area contributed by atoms with Gasteiger partial charge in [-0.3, -0.25) is 9.59 Å². The molecule has 0 bridgehead atoms. The molecule has 0 aromatic heterocycles. The summed E-state index contributed by atoms with van der Waals surface area (Å²) in [4.78, 5) is 24.4. The first-order valence-electron chi connectivity index (χ1n) is 24.6. The molecule has 0 saturated heterocycles. The molecule has 0 fully saturated rings. The van der Waals surface area contributed by atoms with Crippen molar-refractivity contribution in [3.8, 4) is 0 Å². The van der Waals surface area contributed by atoms with Crippen LogP contribution in [0, 0.1) is 0 Å². The Morgan fingerprint density at radius 3 is 1.27 bits per heavy atom. The predicted octanol–water partition coefficient (Wildman–Crippen LogP) is 14.3. The minimum Gasteiger partial charge on any atom is -0.466 e. The molecule has 2 unspecified atom stereocenters. The van der Waals surface area contributed by atoms with E-state index in [1.54, 1.807) is 6.08 Å². The van der Waals surface area contributed by atoms with Crippen molar-refractivity contribution in [1.29, 1.82) is 0 Å². The first-order chi connectivity index (χ1) is 27.5. The first kappa shape index (κ1) is 54.3. The van der Waals surface area contributed by atoms with Crippen molar-refractivity contribution in [2.24, 2.45) is 0 Å². The van der Waals surface area contributed by atoms with Crippen LogP contribution < -0.4 is 5.32 Å². The third-order valence-corrected chi connectivity index (χ3v) is 11.2. The molecule has 330 valence electrons. The third-order valence-electron chi connectivity index (χ3n) is 11.2. The molecule has 0 spiro atoms. The van der Waals surface area contributed by atoms with Gasteiger partial charge in [-0.25, -0.2) is 0 Å². The molecule has 0 aliphatic rings. The van der Waals surface area contributed by atoms with E-state index in [-0.39, 0.29) is 18.5 Å². The number of allylic oxidation sites excluding steroid dienone is 3. The van der Waals surface area contributed by atoms with Crippen LogP contribution in [0.5, 0.6) is 0 Å². The third kappa shape index (κ3) is 42.0. The Labute approximate surface area is 348 Å². The summed E-state index contributed by atoms with van der Waals surface area (Å²) in [7, 11) is 0. The zero-order valence-electron chi connectivity index (χ0n) is 37.4. The lowest BCUT2D eigenvalue weighted by Gasteiger charge is -2.20. The molecule has 56 heavy (non-hydrogen) atoms. The van der Waals surface area contributed by atoms with E-state index in [1.165, 1.54) is 154 Å². The molecule has 0 aliphatic carbocycles. The van der Waals surface area contributed by atoms with E-state index in [1.807, 2.05) is 6.08 Å². The number of hydrogen-bond acceptors (Lipinski definition) is 5. The van der Waals surface area contributed by atoms with Gasteiger partial charge in [0, 0.05) is 12.8 Å². The second kappa shape index (κ2) is 46.0. The van der Waals surface area contributed by atoms with Crippen LogP contribution in [0.15, 0.2) is 24.3 Å². The van der Waals surface area contributed by atoms with Gasteiger partial charge in [0.2, 0.25) is 5.91 Å². The van der Waals surface area contributed by atoms with E-state index in [0.717, 1.165) is 77.0 Å². The van der Waals surface area contributed by atoms with Gasteiger partial charge in [0.15, 0.2) is 0 Å². The van der Waals surface area contributed by atoms with Crippen LogP contribution in [0.25, 0.3) is 0 Å². The molecule has 3 N–H and O–H groups in total. The minimum absolute atomic E-state index is 0.0233. The molecule has 6 nitrogen and oxygen atoms in total. The normalized spacial score (nSPS) is 12.9. The van der Waals surface area contributed by atoms with E-state index in [4.69, 9.17) is 4.74 Å². The largest absolute Gasteiger partial charge is 0.466 e. The highest BCUT2D eigenvalue weighted by Gasteiger charge is 2.18. The highest BCUT2D eigenvalue weighted by molar-refractivity contribution is 5.76. The lowest BCUT2D eigenvalue weighted by Crippen LogP contribution is -2.45. The number of carbonyl (C=O) groups is 2. The summed E-state index contributed by atoms with van der Waals surface area (Å²) in [6, 6.07) is -0.645. The van der Waals surface area contributed by atoms with Crippen LogP contribution in [-0.4, -0.2) is 47.4 Å². The lowest BCUT2D eigenvalue weighted by atomic mass is 10.0. The number of aliphatic hydroxyl groups is 2. The molecule has 0 aliphatic heterocycles. The SMILES string of the molecule is CCCCCCCCCCCCCC/C=C/C(O)C(CO)NC(=O)CCCCCCC/C=C\CCCCCOC(=O)CCCCCCCCCCCCCCC. The molecular weight excluding hydrogens is 695 g/mol. The Bertz CT molecular complexity index is 874. The van der Waals surface area contributed by atoms with Gasteiger partial charge >= 0.3 is 5.97 Å². The van der Waals surface area contributed by atoms with Crippen LogP contribution in [0.2, 0.25) is 0 Å². The average Bonchev–Trinajstić information content (AvgIpc) is 3.20. The number of carbonyl (C=O) groups excluding carboxylic acids is 2. The van der Waals surface area contributed by atoms with Crippen LogP contribution in [-0.2, 0) is 14.3 Å². The fourth-order valence-corrected chi connectivity index (χ4v) is 7.39. The fraction of sp³-hybridized carbons (Fsp3) is 0.880. The van der Waals surface area contributed by atoms with Gasteiger partial charge in [0.25, 0.3) is 0 Å². The molecule has 0 heterocycles. The predicted molar refractivity (Wildman–Crippen MR) is 241 cm³/mol. The van der Waals surface area contributed by atoms with Gasteiger partial charge in [-0.15, -0.1) is 0 Å². The Balaban J connectivity index is 3.55. The maximum Gasteiger partial charge on any atom is 0.305 e. The zero-order valence-corrected chi connectivity index (χ0v) is 37.4. The standard InChI is InChI=1S/C50H95NO5/c1-3-5-7-9-11-13-15-17-19-22-26-30-34-38-42-48(53)47(46-52)51-49(54)43-39-35-31-27-23-20-21-25-29-33-37-41-45-56-50(55)44-40-36-32-28-24-18-16-14-12-10-8-6-4-2/h21,25,38,42,47-48,52-53H,3-20,22-24,26-37,39-41,43-46H2,1-2H3,(H,51,54)/b25-21-,42-38+. The molecule has 1 amide bonds. The Morgan fingerprint density at radius 2 is 0.839 bits per heavy atom. The molecule has 2 atom stereocenters. The van der Waals surface area contributed by atoms with Gasteiger partial charge in [0.05, 0.1) is 25.4 Å². The number of unbranched alkanes of at least 4 members (excludes halogenated alkanes) is 32. The summed E-state index contributed by atoms with van der Waals surface area (Å²) in [5.74, 6) is -0.117. The highest BCUT2D eigenvalue weighted by Crippen LogP contribution is 2.15. The summed E-state index contributed by atoms with van der Waals surface area (Å²) in [5, 5.41) is 23.0. The van der Waals surface area contributed by atoms with Crippen molar-refractivity contribution in [3.05, 3.63) is 24.3 Å². The summed E-state index contributed by atoms with van der Waals surface area (Å²) >= 11 is 0. The van der Waals surface area contributed by atoms with Crippen molar-refractivity contribution in [1.82, 2.24) is 5.32 Å². The molecular formula is C50H95NO5. The van der Waals surface area contributed by atoms with Gasteiger partial charge in [-0.05, 0) is 64.2 Å². The van der Waals surface area contributed by atoms with E-state index in [9.17, 15) is 19.8 Å². The molecule has 6 heteroatoms. The number of amides is 1. The Hall–Kier alpha value is -1.66. The number of rotatable bonds is 45. The van der Waals surface area contributed by atoms with Crippen molar-refractivity contribution < 1.29 is 24.5 Å². The maximum atomic E-state index is 12.4. The van der Waals surface area contributed by atoms with Crippen LogP contribution in [0.4, 0.5) is 0 Å². The second-order valence-corrected chi connectivity index (χ2v) is 16.8. The summed E-state index contributed by atoms with van der Waals surface area (Å²) < 4.78 is 5.43. The van der Waals surface area contributed by atoms with Gasteiger partial charge in [-0.1, -0.05) is 205 Å². The number of hydrogen-bond donors (Lipinski definition) is 3. The van der Waals surface area contributed by atoms with Gasteiger partial charge in [-0.2, -0.15) is 0 Å². The van der Waals surface area contributed by atoms with Gasteiger partial charge < -0.3 is 20.3 Å². The topological polar surface area (TPSA) is 95.9 Å². The highest BCUT2D eigenvalue weighted by atomic mass is 16.5. The van der Waals surface area contributed by atoms with Crippen molar-refractivity contribution in [2.45, 2.75) is 270 Å². The average molecular weight is 790 g/mol. The minimum atomic E-state index is -0.859.